The average Bonchev–Trinajstić information content (AvgIpc) is 3.45. The van der Waals surface area contributed by atoms with Crippen molar-refractivity contribution in [3.05, 3.63) is 53.7 Å². The first-order valence-electron chi connectivity index (χ1n) is 9.73. The van der Waals surface area contributed by atoms with Gasteiger partial charge in [-0.3, -0.25) is 9.48 Å². The fraction of sp³-hybridized carbons (Fsp3) is 0.333. The molecule has 4 aromatic rings. The molecular weight excluding hydrogens is 352 g/mol. The Bertz CT molecular complexity index is 1170. The summed E-state index contributed by atoms with van der Waals surface area (Å²) < 4.78 is 1.83. The van der Waals surface area contributed by atoms with Crippen molar-refractivity contribution in [3.8, 4) is 0 Å². The van der Waals surface area contributed by atoms with Crippen LogP contribution >= 0.6 is 0 Å². The first-order valence-corrected chi connectivity index (χ1v) is 9.73. The Balaban J connectivity index is 1.41. The molecule has 5 rings (SSSR count). The number of nitrogens with one attached hydrogen (secondary N) is 2. The van der Waals surface area contributed by atoms with Gasteiger partial charge in [0.1, 0.15) is 5.82 Å². The molecule has 0 atom stereocenters. The van der Waals surface area contributed by atoms with E-state index in [1.54, 1.807) is 6.20 Å². The van der Waals surface area contributed by atoms with Gasteiger partial charge in [0, 0.05) is 31.1 Å². The molecule has 2 N–H and O–H groups in total. The van der Waals surface area contributed by atoms with Crippen LogP contribution in [0.25, 0.3) is 21.9 Å². The molecule has 1 amide bonds. The number of aromatic nitrogens is 5. The second kappa shape index (κ2) is 6.74. The third kappa shape index (κ3) is 2.83. The summed E-state index contributed by atoms with van der Waals surface area (Å²) in [5, 5.41) is 8.35. The lowest BCUT2D eigenvalue weighted by Gasteiger charge is -2.07. The van der Waals surface area contributed by atoms with Gasteiger partial charge < -0.3 is 10.3 Å². The van der Waals surface area contributed by atoms with E-state index in [1.807, 2.05) is 42.2 Å². The minimum atomic E-state index is -0.201. The van der Waals surface area contributed by atoms with E-state index < -0.39 is 0 Å². The van der Waals surface area contributed by atoms with Gasteiger partial charge in [0.15, 0.2) is 5.69 Å². The first kappa shape index (κ1) is 16.9. The molecule has 1 aromatic carbocycles. The van der Waals surface area contributed by atoms with E-state index in [0.29, 0.717) is 18.2 Å². The monoisotopic (exact) mass is 374 g/mol. The van der Waals surface area contributed by atoms with Gasteiger partial charge in [0.25, 0.3) is 5.91 Å². The summed E-state index contributed by atoms with van der Waals surface area (Å²) in [6.45, 7) is 0.420. The van der Waals surface area contributed by atoms with Crippen LogP contribution < -0.4 is 5.32 Å². The number of pyridine rings is 1. The molecule has 1 saturated carbocycles. The van der Waals surface area contributed by atoms with Crippen LogP contribution in [0.4, 0.5) is 0 Å². The van der Waals surface area contributed by atoms with Gasteiger partial charge in [-0.05, 0) is 30.5 Å². The van der Waals surface area contributed by atoms with Crippen molar-refractivity contribution in [2.24, 2.45) is 7.05 Å². The molecule has 0 aliphatic heterocycles. The van der Waals surface area contributed by atoms with Crippen molar-refractivity contribution in [1.29, 1.82) is 0 Å². The number of benzene rings is 1. The van der Waals surface area contributed by atoms with E-state index >= 15 is 0 Å². The number of nitrogens with zero attached hydrogens (tertiary/aromatic N) is 4. The number of rotatable bonds is 4. The largest absolute Gasteiger partial charge is 0.347 e. The van der Waals surface area contributed by atoms with Crippen LogP contribution in [0.3, 0.4) is 0 Å². The molecule has 0 spiro atoms. The zero-order valence-electron chi connectivity index (χ0n) is 15.8. The molecule has 28 heavy (non-hydrogen) atoms. The van der Waals surface area contributed by atoms with Gasteiger partial charge in [-0.25, -0.2) is 9.97 Å². The minimum absolute atomic E-state index is 0.201. The van der Waals surface area contributed by atoms with Crippen molar-refractivity contribution in [3.63, 3.8) is 0 Å². The predicted molar refractivity (Wildman–Crippen MR) is 107 cm³/mol. The number of fused-ring (bicyclic) bond motifs is 2. The summed E-state index contributed by atoms with van der Waals surface area (Å²) >= 11 is 0. The number of carbonyl (C=O) groups excluding carboxylic acids is 1. The maximum Gasteiger partial charge on any atom is 0.272 e. The molecule has 3 aromatic heterocycles. The van der Waals surface area contributed by atoms with Crippen molar-refractivity contribution < 1.29 is 4.79 Å². The van der Waals surface area contributed by atoms with Crippen LogP contribution in [0.1, 0.15) is 53.5 Å². The third-order valence-electron chi connectivity index (χ3n) is 5.70. The van der Waals surface area contributed by atoms with Crippen molar-refractivity contribution in [1.82, 2.24) is 30.0 Å². The highest BCUT2D eigenvalue weighted by atomic mass is 16.1. The Kier molecular flexibility index (Phi) is 4.07. The fourth-order valence-electron chi connectivity index (χ4n) is 4.17. The Labute approximate surface area is 162 Å². The lowest BCUT2D eigenvalue weighted by Crippen LogP contribution is -2.24. The number of hydrogen-bond donors (Lipinski definition) is 2. The minimum Gasteiger partial charge on any atom is -0.347 e. The Hall–Kier alpha value is -3.22. The second-order valence-electron chi connectivity index (χ2n) is 7.46. The number of aryl methyl sites for hydroxylation is 1. The molecule has 1 aliphatic rings. The normalized spacial score (nSPS) is 14.9. The van der Waals surface area contributed by atoms with Gasteiger partial charge in [0.2, 0.25) is 0 Å². The average molecular weight is 374 g/mol. The molecule has 3 heterocycles. The van der Waals surface area contributed by atoms with E-state index in [-0.39, 0.29) is 5.91 Å². The van der Waals surface area contributed by atoms with Crippen LogP contribution in [0.15, 0.2) is 36.7 Å². The molecule has 7 nitrogen and oxygen atoms in total. The summed E-state index contributed by atoms with van der Waals surface area (Å²) in [5.41, 5.74) is 4.00. The number of imidazole rings is 1. The summed E-state index contributed by atoms with van der Waals surface area (Å²) in [5.74, 6) is 1.24. The lowest BCUT2D eigenvalue weighted by molar-refractivity contribution is 0.0948. The molecule has 0 bridgehead atoms. The predicted octanol–water partition coefficient (Wildman–Crippen LogP) is 3.43. The van der Waals surface area contributed by atoms with Gasteiger partial charge in [0.05, 0.1) is 22.7 Å². The molecular formula is C21H22N6O. The van der Waals surface area contributed by atoms with Crippen LogP contribution in [0.5, 0.6) is 0 Å². The zero-order valence-corrected chi connectivity index (χ0v) is 15.8. The van der Waals surface area contributed by atoms with Crippen molar-refractivity contribution in [2.75, 3.05) is 0 Å². The first-order chi connectivity index (χ1) is 13.7. The lowest BCUT2D eigenvalue weighted by atomic mass is 10.1. The molecule has 0 unspecified atom stereocenters. The molecule has 1 aliphatic carbocycles. The van der Waals surface area contributed by atoms with Crippen LogP contribution in [0.2, 0.25) is 0 Å². The Morgan fingerprint density at radius 2 is 2.14 bits per heavy atom. The molecule has 0 radical (unpaired) electrons. The van der Waals surface area contributed by atoms with Crippen LogP contribution in [0, 0.1) is 0 Å². The number of hydrogen-bond acceptors (Lipinski definition) is 4. The van der Waals surface area contributed by atoms with E-state index in [2.05, 4.69) is 20.4 Å². The van der Waals surface area contributed by atoms with Crippen molar-refractivity contribution in [2.45, 2.75) is 38.1 Å². The molecule has 142 valence electrons. The highest BCUT2D eigenvalue weighted by molar-refractivity contribution is 6.03. The smallest absolute Gasteiger partial charge is 0.272 e. The summed E-state index contributed by atoms with van der Waals surface area (Å²) in [6, 6.07) is 7.86. The maximum atomic E-state index is 12.9. The maximum absolute atomic E-state index is 12.9. The standard InChI is InChI=1S/C21H22N6O/c1-27-17-8-4-7-14(15(17)12-24-27)11-23-21(28)19-18-16(9-10-22-19)25-20(26-18)13-5-2-3-6-13/h4,7-10,12-13H,2-3,5-6,11H2,1H3,(H,23,28)(H,25,26). The molecule has 7 heteroatoms. The quantitative estimate of drug-likeness (QED) is 0.573. The number of amides is 1. The summed E-state index contributed by atoms with van der Waals surface area (Å²) in [6.07, 6.45) is 8.28. The van der Waals surface area contributed by atoms with Crippen LogP contribution in [-0.4, -0.2) is 30.6 Å². The van der Waals surface area contributed by atoms with Gasteiger partial charge in [-0.1, -0.05) is 25.0 Å². The zero-order chi connectivity index (χ0) is 19.1. The second-order valence-corrected chi connectivity index (χ2v) is 7.46. The van der Waals surface area contributed by atoms with Gasteiger partial charge in [-0.2, -0.15) is 5.10 Å². The van der Waals surface area contributed by atoms with Gasteiger partial charge >= 0.3 is 0 Å². The Morgan fingerprint density at radius 1 is 1.29 bits per heavy atom. The van der Waals surface area contributed by atoms with E-state index in [0.717, 1.165) is 46.2 Å². The highest BCUT2D eigenvalue weighted by Gasteiger charge is 2.22. The topological polar surface area (TPSA) is 88.5 Å². The SMILES string of the molecule is Cn1ncc2c(CNC(=O)c3nccc4nc(C5CCCC5)[nH]c34)cccc21. The van der Waals surface area contributed by atoms with E-state index in [9.17, 15) is 4.79 Å². The Morgan fingerprint density at radius 3 is 3.00 bits per heavy atom. The van der Waals surface area contributed by atoms with E-state index in [4.69, 9.17) is 4.98 Å². The molecule has 0 saturated heterocycles. The third-order valence-corrected chi connectivity index (χ3v) is 5.70. The summed E-state index contributed by atoms with van der Waals surface area (Å²) in [4.78, 5) is 25.3. The van der Waals surface area contributed by atoms with Crippen LogP contribution in [-0.2, 0) is 13.6 Å². The summed E-state index contributed by atoms with van der Waals surface area (Å²) in [7, 11) is 1.91. The van der Waals surface area contributed by atoms with Crippen molar-refractivity contribution >= 4 is 27.8 Å². The fourth-order valence-corrected chi connectivity index (χ4v) is 4.17. The number of aromatic amines is 1. The van der Waals surface area contributed by atoms with Gasteiger partial charge in [-0.15, -0.1) is 0 Å². The van der Waals surface area contributed by atoms with E-state index in [1.165, 1.54) is 12.8 Å². The number of carbonyl (C=O) groups is 1. The highest BCUT2D eigenvalue weighted by Crippen LogP contribution is 2.33. The molecule has 1 fully saturated rings. The number of H-pyrrole nitrogens is 1.